The third kappa shape index (κ3) is 3.66. The number of nitrogens with zero attached hydrogens (tertiary/aromatic N) is 5. The summed E-state index contributed by atoms with van der Waals surface area (Å²) in [6.45, 7) is 0. The van der Waals surface area contributed by atoms with Crippen molar-refractivity contribution in [3.05, 3.63) is 47.5 Å². The van der Waals surface area contributed by atoms with Crippen LogP contribution in [0, 0.1) is 23.7 Å². The second-order valence-electron chi connectivity index (χ2n) is 9.66. The molecule has 2 N–H and O–H groups in total. The summed E-state index contributed by atoms with van der Waals surface area (Å²) in [6, 6.07) is 5.83. The number of aliphatic carboxylic acids is 1. The van der Waals surface area contributed by atoms with Gasteiger partial charge in [0.2, 0.25) is 0 Å². The Labute approximate surface area is 201 Å². The van der Waals surface area contributed by atoms with E-state index in [0.29, 0.717) is 34.5 Å². The van der Waals surface area contributed by atoms with Gasteiger partial charge in [-0.2, -0.15) is 5.10 Å². The summed E-state index contributed by atoms with van der Waals surface area (Å²) < 4.78 is 1.98. The molecule has 0 spiro atoms. The van der Waals surface area contributed by atoms with Crippen molar-refractivity contribution in [2.24, 2.45) is 30.7 Å². The molecule has 3 saturated carbocycles. The molecule has 7 rings (SSSR count). The Balaban J connectivity index is 1.46. The lowest BCUT2D eigenvalue weighted by Crippen LogP contribution is -2.45. The van der Waals surface area contributed by atoms with Crippen molar-refractivity contribution in [2.45, 2.75) is 32.1 Å². The Hall–Kier alpha value is -3.26. The number of carbonyl (C=O) groups is 1. The van der Waals surface area contributed by atoms with E-state index in [4.69, 9.17) is 21.6 Å². The van der Waals surface area contributed by atoms with E-state index in [1.54, 1.807) is 6.20 Å². The first-order valence-electron chi connectivity index (χ1n) is 11.7. The molecule has 34 heavy (non-hydrogen) atoms. The molecule has 4 heterocycles. The Morgan fingerprint density at radius 2 is 2.00 bits per heavy atom. The average Bonchev–Trinajstić information content (AvgIpc) is 3.45. The number of pyridine rings is 1. The molecule has 2 unspecified atom stereocenters. The predicted molar refractivity (Wildman–Crippen MR) is 128 cm³/mol. The van der Waals surface area contributed by atoms with Gasteiger partial charge in [0, 0.05) is 36.9 Å². The smallest absolute Gasteiger partial charge is 0.307 e. The van der Waals surface area contributed by atoms with E-state index in [1.165, 1.54) is 0 Å². The summed E-state index contributed by atoms with van der Waals surface area (Å²) in [5.41, 5.74) is 3.83. The van der Waals surface area contributed by atoms with Crippen molar-refractivity contribution < 1.29 is 9.90 Å². The van der Waals surface area contributed by atoms with Gasteiger partial charge in [-0.25, -0.2) is 15.0 Å². The van der Waals surface area contributed by atoms with Crippen LogP contribution in [0.3, 0.4) is 0 Å². The number of aryl methyl sites for hydroxylation is 1. The fourth-order valence-corrected chi connectivity index (χ4v) is 6.21. The number of hydrogen-bond donors (Lipinski definition) is 2. The van der Waals surface area contributed by atoms with Crippen LogP contribution in [0.4, 0.5) is 0 Å². The molecule has 2 atom stereocenters. The Kier molecular flexibility index (Phi) is 5.13. The van der Waals surface area contributed by atoms with Crippen LogP contribution in [0.25, 0.3) is 33.8 Å². The van der Waals surface area contributed by atoms with E-state index in [-0.39, 0.29) is 17.8 Å². The lowest BCUT2D eigenvalue weighted by molar-refractivity contribution is -0.152. The van der Waals surface area contributed by atoms with Gasteiger partial charge in [0.05, 0.1) is 22.0 Å². The van der Waals surface area contributed by atoms with Crippen LogP contribution in [0.5, 0.6) is 0 Å². The van der Waals surface area contributed by atoms with Crippen LogP contribution in [-0.4, -0.2) is 40.8 Å². The molecule has 3 aliphatic rings. The zero-order chi connectivity index (χ0) is 23.4. The summed E-state index contributed by atoms with van der Waals surface area (Å²) in [7, 11) is 1.97. The first-order chi connectivity index (χ1) is 16.5. The molecule has 4 aromatic heterocycles. The van der Waals surface area contributed by atoms with Crippen molar-refractivity contribution in [2.75, 3.05) is 0 Å². The molecule has 3 fully saturated rings. The van der Waals surface area contributed by atoms with Crippen molar-refractivity contribution in [1.82, 2.24) is 29.7 Å². The highest BCUT2D eigenvalue weighted by Gasteiger charge is 2.47. The van der Waals surface area contributed by atoms with Gasteiger partial charge >= 0.3 is 5.97 Å². The molecule has 0 aromatic carbocycles. The van der Waals surface area contributed by atoms with Crippen LogP contribution in [0.15, 0.2) is 36.8 Å². The third-order valence-corrected chi connectivity index (χ3v) is 7.83. The Bertz CT molecular complexity index is 1390. The SMILES string of the molecule is Cn1ccc(-c2cc(CC3C4CCC(CC4)C3C(=O)O)nc(-c3[nH]nc4ncc(Cl)cc34)n2)c1. The van der Waals surface area contributed by atoms with Crippen LogP contribution in [0.1, 0.15) is 31.4 Å². The average molecular weight is 477 g/mol. The van der Waals surface area contributed by atoms with Gasteiger partial charge < -0.3 is 9.67 Å². The number of carboxylic acids is 1. The molecule has 0 amide bonds. The largest absolute Gasteiger partial charge is 0.481 e. The van der Waals surface area contributed by atoms with Gasteiger partial charge in [0.15, 0.2) is 11.5 Å². The summed E-state index contributed by atoms with van der Waals surface area (Å²) in [5, 5.41) is 18.6. The van der Waals surface area contributed by atoms with Gasteiger partial charge in [0.1, 0.15) is 5.69 Å². The van der Waals surface area contributed by atoms with Gasteiger partial charge in [-0.3, -0.25) is 9.89 Å². The van der Waals surface area contributed by atoms with Crippen molar-refractivity contribution in [3.63, 3.8) is 0 Å². The maximum absolute atomic E-state index is 12.2. The maximum Gasteiger partial charge on any atom is 0.307 e. The van der Waals surface area contributed by atoms with E-state index in [0.717, 1.165) is 48.0 Å². The Morgan fingerprint density at radius 1 is 1.21 bits per heavy atom. The van der Waals surface area contributed by atoms with Crippen LogP contribution < -0.4 is 0 Å². The fourth-order valence-electron chi connectivity index (χ4n) is 6.06. The second-order valence-corrected chi connectivity index (χ2v) is 10.1. The zero-order valence-electron chi connectivity index (χ0n) is 18.8. The molecule has 0 saturated heterocycles. The van der Waals surface area contributed by atoms with Gasteiger partial charge in [-0.05, 0) is 68.1 Å². The highest BCUT2D eigenvalue weighted by Crippen LogP contribution is 2.50. The Morgan fingerprint density at radius 3 is 2.74 bits per heavy atom. The predicted octanol–water partition coefficient (Wildman–Crippen LogP) is 4.75. The van der Waals surface area contributed by atoms with Crippen LogP contribution >= 0.6 is 11.6 Å². The van der Waals surface area contributed by atoms with E-state index < -0.39 is 5.97 Å². The van der Waals surface area contributed by atoms with Crippen LogP contribution in [-0.2, 0) is 18.3 Å². The van der Waals surface area contributed by atoms with Gasteiger partial charge in [-0.1, -0.05) is 11.6 Å². The number of H-pyrrole nitrogens is 1. The molecule has 8 nitrogen and oxygen atoms in total. The second kappa shape index (κ2) is 8.20. The van der Waals surface area contributed by atoms with E-state index in [2.05, 4.69) is 15.2 Å². The lowest BCUT2D eigenvalue weighted by Gasteiger charge is -2.46. The van der Waals surface area contributed by atoms with Crippen molar-refractivity contribution in [3.8, 4) is 22.8 Å². The maximum atomic E-state index is 12.2. The number of hydrogen-bond acceptors (Lipinski definition) is 5. The van der Waals surface area contributed by atoms with E-state index >= 15 is 0 Å². The van der Waals surface area contributed by atoms with E-state index in [9.17, 15) is 9.90 Å². The third-order valence-electron chi connectivity index (χ3n) is 7.63. The lowest BCUT2D eigenvalue weighted by atomic mass is 9.57. The van der Waals surface area contributed by atoms with Crippen molar-refractivity contribution in [1.29, 1.82) is 0 Å². The molecule has 0 aliphatic heterocycles. The minimum absolute atomic E-state index is 0.0889. The summed E-state index contributed by atoms with van der Waals surface area (Å²) in [5.74, 6) is 0.328. The van der Waals surface area contributed by atoms with Gasteiger partial charge in [-0.15, -0.1) is 0 Å². The quantitative estimate of drug-likeness (QED) is 0.430. The molecule has 3 aliphatic carbocycles. The van der Waals surface area contributed by atoms with E-state index in [1.807, 2.05) is 42.2 Å². The first kappa shape index (κ1) is 21.3. The number of aromatic nitrogens is 6. The topological polar surface area (TPSA) is 110 Å². The number of nitrogens with one attached hydrogen (secondary N) is 1. The first-order valence-corrected chi connectivity index (χ1v) is 12.1. The van der Waals surface area contributed by atoms with Gasteiger partial charge in [0.25, 0.3) is 0 Å². The fraction of sp³-hybridized carbons (Fsp3) is 0.400. The standard InChI is InChI=1S/C25H25ClN6O2/c1-32-7-6-15(12-32)20-10-17(9-18-13-2-4-14(5-3-13)21(18)25(33)34)28-24(29-20)22-19-8-16(26)11-27-23(19)31-30-22/h6-8,10-14,18,21H,2-5,9H2,1H3,(H,33,34)(H,27,30,31). The minimum Gasteiger partial charge on any atom is -0.481 e. The summed E-state index contributed by atoms with van der Waals surface area (Å²) >= 11 is 6.20. The van der Waals surface area contributed by atoms with Crippen LogP contribution in [0.2, 0.25) is 5.02 Å². The number of rotatable bonds is 5. The molecule has 0 radical (unpaired) electrons. The molecule has 2 bridgehead atoms. The number of carboxylic acid groups (broad SMARTS) is 1. The molecule has 9 heteroatoms. The molecular formula is C25H25ClN6O2. The minimum atomic E-state index is -0.669. The monoisotopic (exact) mass is 476 g/mol. The summed E-state index contributed by atoms with van der Waals surface area (Å²) in [6.07, 6.45) is 10.4. The molecular weight excluding hydrogens is 452 g/mol. The number of fused-ring (bicyclic) bond motifs is 4. The van der Waals surface area contributed by atoms with Crippen molar-refractivity contribution >= 4 is 28.6 Å². The highest BCUT2D eigenvalue weighted by molar-refractivity contribution is 6.31. The highest BCUT2D eigenvalue weighted by atomic mass is 35.5. The molecule has 174 valence electrons. The number of halogens is 1. The number of aromatic amines is 1. The summed E-state index contributed by atoms with van der Waals surface area (Å²) in [4.78, 5) is 26.2. The zero-order valence-corrected chi connectivity index (χ0v) is 19.5. The normalized spacial score (nSPS) is 24.1. The molecule has 4 aromatic rings.